The Kier molecular flexibility index (Phi) is 6.79. The van der Waals surface area contributed by atoms with Crippen molar-refractivity contribution in [1.82, 2.24) is 25.4 Å². The lowest BCUT2D eigenvalue weighted by Crippen LogP contribution is -2.32. The van der Waals surface area contributed by atoms with Crippen molar-refractivity contribution in [3.8, 4) is 11.3 Å². The minimum Gasteiger partial charge on any atom is -0.347 e. The number of nitrogens with zero attached hydrogens (tertiary/aromatic N) is 3. The van der Waals surface area contributed by atoms with E-state index in [4.69, 9.17) is 0 Å². The molecule has 7 heteroatoms. The molecule has 1 atom stereocenters. The number of pyridine rings is 1. The van der Waals surface area contributed by atoms with Crippen molar-refractivity contribution in [3.05, 3.63) is 72.2 Å². The lowest BCUT2D eigenvalue weighted by molar-refractivity contribution is 0.0944. The highest BCUT2D eigenvalue weighted by atomic mass is 35.5. The average Bonchev–Trinajstić information content (AvgIpc) is 3.24. The summed E-state index contributed by atoms with van der Waals surface area (Å²) in [5.74, 6) is -0.152. The summed E-state index contributed by atoms with van der Waals surface area (Å²) in [6, 6.07) is 16.0. The van der Waals surface area contributed by atoms with Gasteiger partial charge < -0.3 is 10.6 Å². The molecule has 1 aliphatic heterocycles. The molecular formula is C21H24ClN5O. The van der Waals surface area contributed by atoms with E-state index in [0.29, 0.717) is 18.3 Å². The molecule has 0 radical (unpaired) electrons. The molecule has 28 heavy (non-hydrogen) atoms. The van der Waals surface area contributed by atoms with E-state index in [-0.39, 0.29) is 18.3 Å². The van der Waals surface area contributed by atoms with Crippen LogP contribution in [0.5, 0.6) is 0 Å². The minimum atomic E-state index is -0.152. The molecule has 1 fully saturated rings. The van der Waals surface area contributed by atoms with E-state index in [1.165, 1.54) is 0 Å². The number of carbonyl (C=O) groups excluding carboxylic acids is 1. The van der Waals surface area contributed by atoms with Gasteiger partial charge >= 0.3 is 0 Å². The quantitative estimate of drug-likeness (QED) is 0.693. The van der Waals surface area contributed by atoms with E-state index in [1.807, 2.05) is 47.3 Å². The number of hydrogen-bond acceptors (Lipinski definition) is 4. The predicted molar refractivity (Wildman–Crippen MR) is 111 cm³/mol. The summed E-state index contributed by atoms with van der Waals surface area (Å²) < 4.78 is 1.91. The van der Waals surface area contributed by atoms with Crippen LogP contribution in [0, 0.1) is 0 Å². The SMILES string of the molecule is Cl.O=C(NCc1cccc(-c2ccccn2)c1)c1ccn(C2CCCNC2)n1. The second kappa shape index (κ2) is 9.48. The molecule has 1 saturated heterocycles. The molecule has 3 aromatic rings. The number of nitrogens with one attached hydrogen (secondary N) is 2. The Balaban J connectivity index is 0.00000225. The topological polar surface area (TPSA) is 71.8 Å². The summed E-state index contributed by atoms with van der Waals surface area (Å²) >= 11 is 0. The van der Waals surface area contributed by atoms with Crippen LogP contribution in [0.3, 0.4) is 0 Å². The molecule has 4 rings (SSSR count). The lowest BCUT2D eigenvalue weighted by Gasteiger charge is -2.22. The number of aromatic nitrogens is 3. The molecule has 1 aliphatic rings. The van der Waals surface area contributed by atoms with Gasteiger partial charge in [-0.05, 0) is 49.2 Å². The summed E-state index contributed by atoms with van der Waals surface area (Å²) in [6.07, 6.45) is 5.91. The zero-order chi connectivity index (χ0) is 18.5. The lowest BCUT2D eigenvalue weighted by atomic mass is 10.1. The van der Waals surface area contributed by atoms with Crippen LogP contribution in [0.2, 0.25) is 0 Å². The smallest absolute Gasteiger partial charge is 0.272 e. The van der Waals surface area contributed by atoms with Gasteiger partial charge in [-0.15, -0.1) is 12.4 Å². The number of amides is 1. The van der Waals surface area contributed by atoms with E-state index in [1.54, 1.807) is 12.3 Å². The molecule has 0 saturated carbocycles. The molecular weight excluding hydrogens is 374 g/mol. The molecule has 2 N–H and O–H groups in total. The maximum atomic E-state index is 12.5. The average molecular weight is 398 g/mol. The highest BCUT2D eigenvalue weighted by molar-refractivity contribution is 5.92. The molecule has 1 aromatic carbocycles. The summed E-state index contributed by atoms with van der Waals surface area (Å²) in [6.45, 7) is 2.42. The van der Waals surface area contributed by atoms with Crippen molar-refractivity contribution in [2.24, 2.45) is 0 Å². The van der Waals surface area contributed by atoms with Crippen LogP contribution < -0.4 is 10.6 Å². The fraction of sp³-hybridized carbons (Fsp3) is 0.286. The fourth-order valence-corrected chi connectivity index (χ4v) is 3.37. The number of piperidine rings is 1. The van der Waals surface area contributed by atoms with E-state index in [2.05, 4.69) is 26.8 Å². The zero-order valence-corrected chi connectivity index (χ0v) is 16.4. The van der Waals surface area contributed by atoms with E-state index >= 15 is 0 Å². The second-order valence-corrected chi connectivity index (χ2v) is 6.78. The van der Waals surface area contributed by atoms with Crippen molar-refractivity contribution < 1.29 is 4.79 Å². The minimum absolute atomic E-state index is 0. The van der Waals surface area contributed by atoms with Gasteiger partial charge in [0.1, 0.15) is 5.69 Å². The number of hydrogen-bond donors (Lipinski definition) is 2. The monoisotopic (exact) mass is 397 g/mol. The number of carbonyl (C=O) groups is 1. The Morgan fingerprint density at radius 1 is 1.21 bits per heavy atom. The normalized spacial score (nSPS) is 16.2. The first-order valence-electron chi connectivity index (χ1n) is 9.34. The fourth-order valence-electron chi connectivity index (χ4n) is 3.37. The standard InChI is InChI=1S/C21H23N5O.ClH/c27-21(20-9-12-26(25-20)18-7-4-10-22-15-18)24-14-16-5-3-6-17(13-16)19-8-1-2-11-23-19;/h1-3,5-6,8-9,11-13,18,22H,4,7,10,14-15H2,(H,24,27);1H. The molecule has 2 aromatic heterocycles. The molecule has 146 valence electrons. The van der Waals surface area contributed by atoms with Crippen molar-refractivity contribution in [2.75, 3.05) is 13.1 Å². The van der Waals surface area contributed by atoms with Gasteiger partial charge in [-0.1, -0.05) is 24.3 Å². The molecule has 3 heterocycles. The van der Waals surface area contributed by atoms with Crippen LogP contribution in [-0.4, -0.2) is 33.8 Å². The summed E-state index contributed by atoms with van der Waals surface area (Å²) in [4.78, 5) is 16.8. The van der Waals surface area contributed by atoms with E-state index in [9.17, 15) is 4.79 Å². The Hall–Kier alpha value is -2.70. The number of benzene rings is 1. The summed E-state index contributed by atoms with van der Waals surface area (Å²) in [5.41, 5.74) is 3.45. The summed E-state index contributed by atoms with van der Waals surface area (Å²) in [7, 11) is 0. The van der Waals surface area contributed by atoms with Gasteiger partial charge in [0.05, 0.1) is 11.7 Å². The maximum absolute atomic E-state index is 12.5. The van der Waals surface area contributed by atoms with Crippen LogP contribution in [0.15, 0.2) is 60.9 Å². The third-order valence-corrected chi connectivity index (χ3v) is 4.83. The van der Waals surface area contributed by atoms with Gasteiger partial charge in [0.15, 0.2) is 0 Å². The Labute approximate surface area is 170 Å². The van der Waals surface area contributed by atoms with Crippen molar-refractivity contribution in [3.63, 3.8) is 0 Å². The molecule has 0 aliphatic carbocycles. The van der Waals surface area contributed by atoms with Gasteiger partial charge in [0.2, 0.25) is 0 Å². The van der Waals surface area contributed by atoms with Gasteiger partial charge in [-0.3, -0.25) is 14.5 Å². The van der Waals surface area contributed by atoms with Gasteiger partial charge in [-0.25, -0.2) is 0 Å². The Morgan fingerprint density at radius 2 is 2.14 bits per heavy atom. The van der Waals surface area contributed by atoms with Crippen LogP contribution >= 0.6 is 12.4 Å². The van der Waals surface area contributed by atoms with Crippen molar-refractivity contribution in [2.45, 2.75) is 25.4 Å². The first-order chi connectivity index (χ1) is 13.3. The highest BCUT2D eigenvalue weighted by Crippen LogP contribution is 2.18. The zero-order valence-electron chi connectivity index (χ0n) is 15.5. The van der Waals surface area contributed by atoms with E-state index < -0.39 is 0 Å². The van der Waals surface area contributed by atoms with Crippen molar-refractivity contribution >= 4 is 18.3 Å². The Bertz CT molecular complexity index is 906. The highest BCUT2D eigenvalue weighted by Gasteiger charge is 2.17. The van der Waals surface area contributed by atoms with Gasteiger partial charge in [0, 0.05) is 31.0 Å². The maximum Gasteiger partial charge on any atom is 0.272 e. The number of halogens is 1. The van der Waals surface area contributed by atoms with Crippen LogP contribution in [0.4, 0.5) is 0 Å². The molecule has 0 bridgehead atoms. The van der Waals surface area contributed by atoms with Gasteiger partial charge in [-0.2, -0.15) is 5.10 Å². The molecule has 1 amide bonds. The first-order valence-corrected chi connectivity index (χ1v) is 9.34. The summed E-state index contributed by atoms with van der Waals surface area (Å²) in [5, 5.41) is 10.8. The van der Waals surface area contributed by atoms with Gasteiger partial charge in [0.25, 0.3) is 5.91 Å². The molecule has 0 spiro atoms. The largest absolute Gasteiger partial charge is 0.347 e. The third kappa shape index (κ3) is 4.77. The number of rotatable bonds is 5. The Morgan fingerprint density at radius 3 is 2.93 bits per heavy atom. The molecule has 6 nitrogen and oxygen atoms in total. The molecule has 1 unspecified atom stereocenters. The first kappa shape index (κ1) is 20.0. The predicted octanol–water partition coefficient (Wildman–Crippen LogP) is 3.22. The van der Waals surface area contributed by atoms with Crippen LogP contribution in [0.1, 0.15) is 34.9 Å². The van der Waals surface area contributed by atoms with Crippen LogP contribution in [0.25, 0.3) is 11.3 Å². The second-order valence-electron chi connectivity index (χ2n) is 6.78. The van der Waals surface area contributed by atoms with Crippen LogP contribution in [-0.2, 0) is 6.54 Å². The van der Waals surface area contributed by atoms with Crippen molar-refractivity contribution in [1.29, 1.82) is 0 Å². The van der Waals surface area contributed by atoms with E-state index in [0.717, 1.165) is 42.8 Å². The third-order valence-electron chi connectivity index (χ3n) is 4.83.